The van der Waals surface area contributed by atoms with Gasteiger partial charge in [-0.15, -0.1) is 0 Å². The number of benzene rings is 1. The van der Waals surface area contributed by atoms with Crippen LogP contribution >= 0.6 is 0 Å². The number of hydrogen-bond donors (Lipinski definition) is 4. The Morgan fingerprint density at radius 1 is 0.846 bits per heavy atom. The summed E-state index contributed by atoms with van der Waals surface area (Å²) in [7, 11) is 1.27. The van der Waals surface area contributed by atoms with E-state index in [2.05, 4.69) is 10.6 Å². The van der Waals surface area contributed by atoms with Gasteiger partial charge in [-0.3, -0.25) is 9.59 Å². The normalized spacial score (nSPS) is 10.3. The first-order valence-corrected chi connectivity index (χ1v) is 8.73. The molecule has 0 aliphatic rings. The molecule has 1 rings (SSSR count). The van der Waals surface area contributed by atoms with Crippen LogP contribution in [0, 0.1) is 0 Å². The van der Waals surface area contributed by atoms with E-state index in [1.165, 1.54) is 19.2 Å². The number of rotatable bonds is 11. The molecule has 8 heteroatoms. The van der Waals surface area contributed by atoms with Crippen LogP contribution in [-0.2, 0) is 14.3 Å². The summed E-state index contributed by atoms with van der Waals surface area (Å²) < 4.78 is 4.72. The van der Waals surface area contributed by atoms with Crippen molar-refractivity contribution >= 4 is 29.2 Å². The van der Waals surface area contributed by atoms with Crippen molar-refractivity contribution in [2.75, 3.05) is 30.8 Å². The molecule has 144 valence electrons. The molecule has 0 spiro atoms. The average molecular weight is 364 g/mol. The van der Waals surface area contributed by atoms with Gasteiger partial charge in [-0.25, -0.2) is 4.79 Å². The number of nitrogens with one attached hydrogen (secondary N) is 2. The number of methoxy groups -OCH3 is 1. The van der Waals surface area contributed by atoms with Gasteiger partial charge < -0.3 is 26.8 Å². The molecule has 0 saturated carbocycles. The molecular weight excluding hydrogens is 336 g/mol. The van der Waals surface area contributed by atoms with E-state index in [9.17, 15) is 14.4 Å². The zero-order chi connectivity index (χ0) is 19.4. The molecule has 0 saturated heterocycles. The van der Waals surface area contributed by atoms with Gasteiger partial charge in [-0.1, -0.05) is 0 Å². The Hall–Kier alpha value is -2.45. The molecule has 0 aliphatic heterocycles. The van der Waals surface area contributed by atoms with Gasteiger partial charge in [0.05, 0.1) is 12.7 Å². The maximum Gasteiger partial charge on any atom is 0.337 e. The molecule has 2 amide bonds. The first-order valence-electron chi connectivity index (χ1n) is 8.73. The van der Waals surface area contributed by atoms with Crippen LogP contribution in [0.4, 0.5) is 11.4 Å². The summed E-state index contributed by atoms with van der Waals surface area (Å²) >= 11 is 0. The van der Waals surface area contributed by atoms with Crippen molar-refractivity contribution in [1.82, 2.24) is 0 Å². The van der Waals surface area contributed by atoms with Crippen LogP contribution in [0.25, 0.3) is 0 Å². The highest BCUT2D eigenvalue weighted by Gasteiger charge is 2.12. The van der Waals surface area contributed by atoms with E-state index in [0.29, 0.717) is 50.1 Å². The molecule has 0 fully saturated rings. The van der Waals surface area contributed by atoms with Gasteiger partial charge in [0, 0.05) is 24.2 Å². The number of ether oxygens (including phenoxy) is 1. The third-order valence-electron chi connectivity index (χ3n) is 3.64. The zero-order valence-corrected chi connectivity index (χ0v) is 15.2. The second-order valence-corrected chi connectivity index (χ2v) is 5.88. The number of unbranched alkanes of at least 4 members (excludes halogenated alkanes) is 2. The van der Waals surface area contributed by atoms with Gasteiger partial charge in [0.1, 0.15) is 0 Å². The number of hydrogen-bond acceptors (Lipinski definition) is 6. The van der Waals surface area contributed by atoms with Crippen molar-refractivity contribution in [1.29, 1.82) is 0 Å². The van der Waals surface area contributed by atoms with E-state index in [-0.39, 0.29) is 17.4 Å². The smallest absolute Gasteiger partial charge is 0.337 e. The lowest BCUT2D eigenvalue weighted by Crippen LogP contribution is -2.15. The van der Waals surface area contributed by atoms with Crippen LogP contribution in [0.2, 0.25) is 0 Å². The zero-order valence-electron chi connectivity index (χ0n) is 15.2. The average Bonchev–Trinajstić information content (AvgIpc) is 2.61. The molecule has 0 unspecified atom stereocenters. The summed E-state index contributed by atoms with van der Waals surface area (Å²) in [6.45, 7) is 1.07. The largest absolute Gasteiger partial charge is 0.465 e. The van der Waals surface area contributed by atoms with Crippen molar-refractivity contribution < 1.29 is 19.1 Å². The van der Waals surface area contributed by atoms with Crippen molar-refractivity contribution in [2.24, 2.45) is 11.5 Å². The van der Waals surface area contributed by atoms with Gasteiger partial charge in [0.2, 0.25) is 11.8 Å². The number of esters is 1. The van der Waals surface area contributed by atoms with Gasteiger partial charge in [0.15, 0.2) is 0 Å². The van der Waals surface area contributed by atoms with Crippen LogP contribution in [0.5, 0.6) is 0 Å². The van der Waals surface area contributed by atoms with E-state index in [1.807, 2.05) is 0 Å². The lowest BCUT2D eigenvalue weighted by Gasteiger charge is -2.11. The van der Waals surface area contributed by atoms with E-state index in [0.717, 1.165) is 12.8 Å². The van der Waals surface area contributed by atoms with Gasteiger partial charge in [-0.2, -0.15) is 0 Å². The topological polar surface area (TPSA) is 137 Å². The Balaban J connectivity index is 2.84. The lowest BCUT2D eigenvalue weighted by atomic mass is 10.1. The highest BCUT2D eigenvalue weighted by atomic mass is 16.5. The highest BCUT2D eigenvalue weighted by Crippen LogP contribution is 2.21. The Bertz CT molecular complexity index is 577. The third-order valence-corrected chi connectivity index (χ3v) is 3.64. The molecule has 0 heterocycles. The highest BCUT2D eigenvalue weighted by molar-refractivity contribution is 5.98. The second kappa shape index (κ2) is 12.0. The van der Waals surface area contributed by atoms with Crippen LogP contribution in [0.3, 0.4) is 0 Å². The SMILES string of the molecule is COC(=O)c1cc(NC(=O)CCCCN)cc(NC(=O)CCCCN)c1. The number of anilines is 2. The van der Waals surface area contributed by atoms with E-state index in [4.69, 9.17) is 16.2 Å². The fourth-order valence-electron chi connectivity index (χ4n) is 2.31. The van der Waals surface area contributed by atoms with E-state index >= 15 is 0 Å². The molecule has 0 bridgehead atoms. The fraction of sp³-hybridized carbons (Fsp3) is 0.500. The predicted molar refractivity (Wildman–Crippen MR) is 101 cm³/mol. The minimum atomic E-state index is -0.553. The summed E-state index contributed by atoms with van der Waals surface area (Å²) in [5, 5.41) is 5.46. The van der Waals surface area contributed by atoms with Crippen molar-refractivity contribution in [2.45, 2.75) is 38.5 Å². The number of carbonyl (C=O) groups excluding carboxylic acids is 3. The maximum atomic E-state index is 12.0. The minimum absolute atomic E-state index is 0.180. The van der Waals surface area contributed by atoms with Crippen LogP contribution in [-0.4, -0.2) is 38.0 Å². The number of amides is 2. The monoisotopic (exact) mass is 364 g/mol. The molecule has 6 N–H and O–H groups in total. The van der Waals surface area contributed by atoms with Crippen molar-refractivity contribution in [3.63, 3.8) is 0 Å². The summed E-state index contributed by atoms with van der Waals surface area (Å²) in [4.78, 5) is 35.8. The Morgan fingerprint density at radius 2 is 1.31 bits per heavy atom. The summed E-state index contributed by atoms with van der Waals surface area (Å²) in [5.41, 5.74) is 11.9. The fourth-order valence-corrected chi connectivity index (χ4v) is 2.31. The summed E-state index contributed by atoms with van der Waals surface area (Å²) in [6.07, 6.45) is 3.56. The van der Waals surface area contributed by atoms with Gasteiger partial charge >= 0.3 is 5.97 Å². The Kier molecular flexibility index (Phi) is 9.96. The van der Waals surface area contributed by atoms with Gasteiger partial charge in [0.25, 0.3) is 0 Å². The van der Waals surface area contributed by atoms with Gasteiger partial charge in [-0.05, 0) is 57.0 Å². The molecule has 0 aliphatic carbocycles. The quantitative estimate of drug-likeness (QED) is 0.348. The van der Waals surface area contributed by atoms with Crippen LogP contribution in [0.15, 0.2) is 18.2 Å². The van der Waals surface area contributed by atoms with Crippen molar-refractivity contribution in [3.05, 3.63) is 23.8 Å². The Morgan fingerprint density at radius 3 is 1.69 bits per heavy atom. The van der Waals surface area contributed by atoms with Crippen LogP contribution < -0.4 is 22.1 Å². The standard InChI is InChI=1S/C18H28N4O4/c1-26-18(25)13-10-14(21-16(23)6-2-4-8-19)12-15(11-13)22-17(24)7-3-5-9-20/h10-12H,2-9,19-20H2,1H3,(H,21,23)(H,22,24). The summed E-state index contributed by atoms with van der Waals surface area (Å²) in [6, 6.07) is 4.63. The van der Waals surface area contributed by atoms with E-state index < -0.39 is 5.97 Å². The molecular formula is C18H28N4O4. The molecule has 0 radical (unpaired) electrons. The molecule has 0 atom stereocenters. The molecule has 8 nitrogen and oxygen atoms in total. The second-order valence-electron chi connectivity index (χ2n) is 5.88. The van der Waals surface area contributed by atoms with E-state index in [1.54, 1.807) is 6.07 Å². The first kappa shape index (κ1) is 21.6. The Labute approximate surface area is 153 Å². The number of carbonyl (C=O) groups is 3. The lowest BCUT2D eigenvalue weighted by molar-refractivity contribution is -0.117. The number of nitrogens with two attached hydrogens (primary N) is 2. The molecule has 26 heavy (non-hydrogen) atoms. The predicted octanol–water partition coefficient (Wildman–Crippen LogP) is 1.61. The third kappa shape index (κ3) is 8.09. The molecule has 0 aromatic heterocycles. The minimum Gasteiger partial charge on any atom is -0.465 e. The maximum absolute atomic E-state index is 12.0. The van der Waals surface area contributed by atoms with Crippen molar-refractivity contribution in [3.8, 4) is 0 Å². The molecule has 1 aromatic carbocycles. The first-order chi connectivity index (χ1) is 12.5. The van der Waals surface area contributed by atoms with Crippen LogP contribution in [0.1, 0.15) is 48.9 Å². The summed E-state index contributed by atoms with van der Waals surface area (Å²) in [5.74, 6) is -0.913. The molecule has 1 aromatic rings.